The Morgan fingerprint density at radius 1 is 1.33 bits per heavy atom. The van der Waals surface area contributed by atoms with Gasteiger partial charge in [-0.2, -0.15) is 0 Å². The van der Waals surface area contributed by atoms with Gasteiger partial charge in [-0.3, -0.25) is 9.59 Å². The number of amides is 2. The molecule has 2 amide bonds. The van der Waals surface area contributed by atoms with Gasteiger partial charge in [-0.1, -0.05) is 12.8 Å². The van der Waals surface area contributed by atoms with E-state index in [0.717, 1.165) is 18.9 Å². The summed E-state index contributed by atoms with van der Waals surface area (Å²) in [6.07, 6.45) is 3.63. The van der Waals surface area contributed by atoms with E-state index in [2.05, 4.69) is 5.32 Å². The van der Waals surface area contributed by atoms with Gasteiger partial charge in [0.2, 0.25) is 11.8 Å². The molecule has 15 heavy (non-hydrogen) atoms. The van der Waals surface area contributed by atoms with Gasteiger partial charge in [-0.05, 0) is 26.2 Å². The lowest BCUT2D eigenvalue weighted by atomic mass is 10.1. The van der Waals surface area contributed by atoms with Gasteiger partial charge < -0.3 is 10.2 Å². The number of carbonyl (C=O) groups is 2. The van der Waals surface area contributed by atoms with Crippen molar-refractivity contribution in [2.75, 3.05) is 6.54 Å². The molecule has 0 aromatic heterocycles. The summed E-state index contributed by atoms with van der Waals surface area (Å²) in [4.78, 5) is 25.1. The summed E-state index contributed by atoms with van der Waals surface area (Å²) in [5.74, 6) is 0.825. The fourth-order valence-electron chi connectivity index (χ4n) is 2.01. The summed E-state index contributed by atoms with van der Waals surface area (Å²) in [6.45, 7) is 4.28. The van der Waals surface area contributed by atoms with Gasteiger partial charge in [0.05, 0.1) is 0 Å². The average molecular weight is 210 g/mol. The van der Waals surface area contributed by atoms with Crippen molar-refractivity contribution >= 4 is 11.8 Å². The van der Waals surface area contributed by atoms with E-state index in [1.807, 2.05) is 0 Å². The predicted molar refractivity (Wildman–Crippen MR) is 56.1 cm³/mol. The molecular weight excluding hydrogens is 192 g/mol. The predicted octanol–water partition coefficient (Wildman–Crippen LogP) is 0.522. The van der Waals surface area contributed by atoms with Crippen LogP contribution in [0.25, 0.3) is 0 Å². The van der Waals surface area contributed by atoms with Crippen LogP contribution >= 0.6 is 0 Å². The minimum absolute atomic E-state index is 0.0297. The zero-order valence-corrected chi connectivity index (χ0v) is 9.32. The zero-order valence-electron chi connectivity index (χ0n) is 9.32. The van der Waals surface area contributed by atoms with Crippen molar-refractivity contribution in [1.82, 2.24) is 10.2 Å². The molecule has 2 unspecified atom stereocenters. The number of nitrogens with one attached hydrogen (secondary N) is 1. The molecule has 84 valence electrons. The Balaban J connectivity index is 1.97. The van der Waals surface area contributed by atoms with E-state index in [1.54, 1.807) is 18.7 Å². The monoisotopic (exact) mass is 210 g/mol. The first-order chi connectivity index (χ1) is 7.09. The number of rotatable bonds is 3. The highest BCUT2D eigenvalue weighted by Gasteiger charge is 2.36. The van der Waals surface area contributed by atoms with Crippen molar-refractivity contribution in [3.63, 3.8) is 0 Å². The molecule has 2 atom stereocenters. The molecule has 0 spiro atoms. The number of hydrogen-bond donors (Lipinski definition) is 1. The van der Waals surface area contributed by atoms with Crippen LogP contribution in [0.4, 0.5) is 0 Å². The molecule has 0 aromatic carbocycles. The zero-order chi connectivity index (χ0) is 11.0. The summed E-state index contributed by atoms with van der Waals surface area (Å²) in [5, 5.41) is 2.68. The van der Waals surface area contributed by atoms with Crippen molar-refractivity contribution in [2.24, 2.45) is 5.92 Å². The van der Waals surface area contributed by atoms with Crippen molar-refractivity contribution in [3.8, 4) is 0 Å². The second-order valence-corrected chi connectivity index (χ2v) is 4.67. The highest BCUT2D eigenvalue weighted by molar-refractivity contribution is 5.96. The number of piperazine rings is 1. The molecule has 0 aromatic rings. The second kappa shape index (κ2) is 3.83. The molecule has 4 nitrogen and oxygen atoms in total. The Labute approximate surface area is 90.0 Å². The van der Waals surface area contributed by atoms with E-state index in [-0.39, 0.29) is 23.9 Å². The van der Waals surface area contributed by atoms with Crippen LogP contribution in [0.5, 0.6) is 0 Å². The van der Waals surface area contributed by atoms with Crippen LogP contribution in [0.1, 0.15) is 33.1 Å². The maximum Gasteiger partial charge on any atom is 0.245 e. The fraction of sp³-hybridized carbons (Fsp3) is 0.818. The topological polar surface area (TPSA) is 49.4 Å². The van der Waals surface area contributed by atoms with Gasteiger partial charge in [0.25, 0.3) is 0 Å². The quantitative estimate of drug-likeness (QED) is 0.738. The SMILES string of the molecule is CC1NC(=O)C(C)N(CCC2CC2)C1=O. The molecule has 0 bridgehead atoms. The molecule has 1 aliphatic heterocycles. The third-order valence-electron chi connectivity index (χ3n) is 3.33. The van der Waals surface area contributed by atoms with Crippen molar-refractivity contribution in [2.45, 2.75) is 45.2 Å². The normalized spacial score (nSPS) is 31.7. The van der Waals surface area contributed by atoms with E-state index in [4.69, 9.17) is 0 Å². The standard InChI is InChI=1S/C11H18N2O2/c1-7-11(15)13(6-5-9-3-4-9)8(2)10(14)12-7/h7-9H,3-6H2,1-2H3,(H,12,14). The molecule has 1 heterocycles. The molecule has 2 fully saturated rings. The van der Waals surface area contributed by atoms with Gasteiger partial charge in [0.1, 0.15) is 12.1 Å². The Bertz CT molecular complexity index is 286. The maximum atomic E-state index is 11.8. The first-order valence-electron chi connectivity index (χ1n) is 5.70. The van der Waals surface area contributed by atoms with E-state index < -0.39 is 0 Å². The number of nitrogens with zero attached hydrogens (tertiary/aromatic N) is 1. The summed E-state index contributed by atoms with van der Waals surface area (Å²) in [5.41, 5.74) is 0. The van der Waals surface area contributed by atoms with Gasteiger partial charge in [0, 0.05) is 6.54 Å². The lowest BCUT2D eigenvalue weighted by molar-refractivity contribution is -0.148. The molecule has 2 aliphatic rings. The molecule has 2 rings (SSSR count). The van der Waals surface area contributed by atoms with Crippen molar-refractivity contribution in [3.05, 3.63) is 0 Å². The number of carbonyl (C=O) groups excluding carboxylic acids is 2. The van der Waals surface area contributed by atoms with E-state index >= 15 is 0 Å². The first kappa shape index (κ1) is 10.5. The van der Waals surface area contributed by atoms with Crippen molar-refractivity contribution < 1.29 is 9.59 Å². The van der Waals surface area contributed by atoms with E-state index in [9.17, 15) is 9.59 Å². The smallest absolute Gasteiger partial charge is 0.245 e. The average Bonchev–Trinajstić information content (AvgIpc) is 2.99. The minimum Gasteiger partial charge on any atom is -0.343 e. The van der Waals surface area contributed by atoms with Gasteiger partial charge in [-0.25, -0.2) is 0 Å². The highest BCUT2D eigenvalue weighted by Crippen LogP contribution is 2.32. The van der Waals surface area contributed by atoms with Crippen LogP contribution in [0.15, 0.2) is 0 Å². The highest BCUT2D eigenvalue weighted by atomic mass is 16.2. The van der Waals surface area contributed by atoms with E-state index in [0.29, 0.717) is 0 Å². The molecule has 4 heteroatoms. The van der Waals surface area contributed by atoms with Crippen molar-refractivity contribution in [1.29, 1.82) is 0 Å². The third kappa shape index (κ3) is 2.13. The summed E-state index contributed by atoms with van der Waals surface area (Å²) in [6, 6.07) is -0.652. The molecule has 1 aliphatic carbocycles. The minimum atomic E-state index is -0.354. The van der Waals surface area contributed by atoms with Crippen LogP contribution < -0.4 is 5.32 Å². The fourth-order valence-corrected chi connectivity index (χ4v) is 2.01. The third-order valence-corrected chi connectivity index (χ3v) is 3.33. The van der Waals surface area contributed by atoms with Gasteiger partial charge in [0.15, 0.2) is 0 Å². The Morgan fingerprint density at radius 3 is 2.60 bits per heavy atom. The summed E-state index contributed by atoms with van der Waals surface area (Å²) < 4.78 is 0. The van der Waals surface area contributed by atoms with E-state index in [1.165, 1.54) is 12.8 Å². The lowest BCUT2D eigenvalue weighted by Gasteiger charge is -2.36. The Morgan fingerprint density at radius 2 is 2.00 bits per heavy atom. The van der Waals surface area contributed by atoms with Crippen LogP contribution in [0, 0.1) is 5.92 Å². The largest absolute Gasteiger partial charge is 0.343 e. The van der Waals surface area contributed by atoms with Gasteiger partial charge in [-0.15, -0.1) is 0 Å². The Hall–Kier alpha value is -1.06. The van der Waals surface area contributed by atoms with Crippen LogP contribution in [0.2, 0.25) is 0 Å². The molecule has 1 saturated heterocycles. The maximum absolute atomic E-state index is 11.8. The molecule has 1 N–H and O–H groups in total. The number of hydrogen-bond acceptors (Lipinski definition) is 2. The van der Waals surface area contributed by atoms with Crippen LogP contribution in [0.3, 0.4) is 0 Å². The Kier molecular flexibility index (Phi) is 2.67. The van der Waals surface area contributed by atoms with Crippen LogP contribution in [-0.4, -0.2) is 35.3 Å². The lowest BCUT2D eigenvalue weighted by Crippen LogP contribution is -2.61. The second-order valence-electron chi connectivity index (χ2n) is 4.67. The molecular formula is C11H18N2O2. The van der Waals surface area contributed by atoms with Gasteiger partial charge >= 0.3 is 0 Å². The van der Waals surface area contributed by atoms with Crippen LogP contribution in [-0.2, 0) is 9.59 Å². The molecule has 0 radical (unpaired) electrons. The first-order valence-corrected chi connectivity index (χ1v) is 5.70. The summed E-state index contributed by atoms with van der Waals surface area (Å²) in [7, 11) is 0. The summed E-state index contributed by atoms with van der Waals surface area (Å²) >= 11 is 0. The molecule has 1 saturated carbocycles.